The number of halogens is 1. The van der Waals surface area contributed by atoms with Crippen molar-refractivity contribution in [2.45, 2.75) is 32.5 Å². The van der Waals surface area contributed by atoms with E-state index in [1.54, 1.807) is 11.3 Å². The lowest BCUT2D eigenvalue weighted by Gasteiger charge is -2.11. The van der Waals surface area contributed by atoms with Gasteiger partial charge >= 0.3 is 0 Å². The largest absolute Gasteiger partial charge is 0.324 e. The summed E-state index contributed by atoms with van der Waals surface area (Å²) in [7, 11) is 0. The van der Waals surface area contributed by atoms with Crippen molar-refractivity contribution in [3.05, 3.63) is 45.8 Å². The van der Waals surface area contributed by atoms with Gasteiger partial charge in [0.1, 0.15) is 0 Å². The van der Waals surface area contributed by atoms with E-state index in [2.05, 4.69) is 15.5 Å². The van der Waals surface area contributed by atoms with Crippen LogP contribution in [0, 0.1) is 13.8 Å². The smallest absolute Gasteiger partial charge is 0.234 e. The van der Waals surface area contributed by atoms with Gasteiger partial charge in [-0.05, 0) is 49.4 Å². The molecule has 2 aromatic heterocycles. The number of hydrogen-bond donors (Lipinski definition) is 1. The lowest BCUT2D eigenvalue weighted by molar-refractivity contribution is -0.113. The van der Waals surface area contributed by atoms with E-state index < -0.39 is 0 Å². The molecule has 136 valence electrons. The van der Waals surface area contributed by atoms with Gasteiger partial charge in [0, 0.05) is 6.54 Å². The Bertz CT molecular complexity index is 898. The van der Waals surface area contributed by atoms with Gasteiger partial charge in [0.25, 0.3) is 0 Å². The van der Waals surface area contributed by atoms with Gasteiger partial charge in [-0.3, -0.25) is 4.79 Å². The van der Waals surface area contributed by atoms with Crippen LogP contribution in [0.1, 0.15) is 18.1 Å². The maximum Gasteiger partial charge on any atom is 0.234 e. The highest BCUT2D eigenvalue weighted by Crippen LogP contribution is 2.29. The van der Waals surface area contributed by atoms with E-state index in [0.717, 1.165) is 33.5 Å². The molecule has 26 heavy (non-hydrogen) atoms. The van der Waals surface area contributed by atoms with E-state index in [-0.39, 0.29) is 11.7 Å². The Hall–Kier alpha value is -1.83. The van der Waals surface area contributed by atoms with Crippen LogP contribution < -0.4 is 5.32 Å². The molecule has 8 heteroatoms. The summed E-state index contributed by atoms with van der Waals surface area (Å²) in [4.78, 5) is 13.4. The molecule has 0 bridgehead atoms. The van der Waals surface area contributed by atoms with E-state index in [0.29, 0.717) is 10.7 Å². The van der Waals surface area contributed by atoms with Crippen molar-refractivity contribution in [2.75, 3.05) is 11.1 Å². The molecule has 0 radical (unpaired) electrons. The van der Waals surface area contributed by atoms with Gasteiger partial charge in [0.05, 0.1) is 21.3 Å². The number of aromatic nitrogens is 3. The second kappa shape index (κ2) is 8.24. The molecule has 0 spiro atoms. The number of thiophene rings is 1. The minimum atomic E-state index is -0.118. The Morgan fingerprint density at radius 1 is 1.35 bits per heavy atom. The van der Waals surface area contributed by atoms with Gasteiger partial charge in [-0.15, -0.1) is 21.5 Å². The summed E-state index contributed by atoms with van der Waals surface area (Å²) in [6.07, 6.45) is 0. The SMILES string of the molecule is CCn1c(SCC(=O)Nc2c(C)cc(C)cc2Cl)nnc1-c1cccs1. The third-order valence-electron chi connectivity index (χ3n) is 3.80. The first-order chi connectivity index (χ1) is 12.5. The Balaban J connectivity index is 1.69. The number of rotatable bonds is 6. The van der Waals surface area contributed by atoms with Crippen LogP contribution in [0.5, 0.6) is 0 Å². The summed E-state index contributed by atoms with van der Waals surface area (Å²) in [6.45, 7) is 6.69. The number of nitrogens with zero attached hydrogens (tertiary/aromatic N) is 3. The predicted octanol–water partition coefficient (Wildman–Crippen LogP) is 5.03. The number of amides is 1. The van der Waals surface area contributed by atoms with Crippen LogP contribution in [0.2, 0.25) is 5.02 Å². The van der Waals surface area contributed by atoms with Crippen LogP contribution in [0.4, 0.5) is 5.69 Å². The molecule has 0 atom stereocenters. The summed E-state index contributed by atoms with van der Waals surface area (Å²) in [5.41, 5.74) is 2.68. The molecule has 0 unspecified atom stereocenters. The predicted molar refractivity (Wildman–Crippen MR) is 109 cm³/mol. The second-order valence-corrected chi connectivity index (χ2v) is 8.10. The Kier molecular flexibility index (Phi) is 6.01. The molecule has 1 amide bonds. The van der Waals surface area contributed by atoms with Crippen molar-refractivity contribution in [3.8, 4) is 10.7 Å². The fourth-order valence-electron chi connectivity index (χ4n) is 2.65. The Labute approximate surface area is 165 Å². The molecule has 0 aliphatic heterocycles. The summed E-state index contributed by atoms with van der Waals surface area (Å²) >= 11 is 9.25. The van der Waals surface area contributed by atoms with Gasteiger partial charge in [-0.1, -0.05) is 35.5 Å². The van der Waals surface area contributed by atoms with E-state index in [1.807, 2.05) is 55.0 Å². The number of anilines is 1. The maximum absolute atomic E-state index is 12.4. The van der Waals surface area contributed by atoms with Crippen molar-refractivity contribution in [2.24, 2.45) is 0 Å². The highest BCUT2D eigenvalue weighted by Gasteiger charge is 2.16. The van der Waals surface area contributed by atoms with Gasteiger partial charge < -0.3 is 9.88 Å². The van der Waals surface area contributed by atoms with E-state index in [4.69, 9.17) is 11.6 Å². The normalized spacial score (nSPS) is 10.9. The van der Waals surface area contributed by atoms with Crippen LogP contribution in [-0.2, 0) is 11.3 Å². The quantitative estimate of drug-likeness (QED) is 0.583. The van der Waals surface area contributed by atoms with Crippen LogP contribution in [0.3, 0.4) is 0 Å². The standard InChI is InChI=1S/C18H19ClN4OS2/c1-4-23-17(14-6-5-7-25-14)21-22-18(23)26-10-15(24)20-16-12(3)8-11(2)9-13(16)19/h5-9H,4,10H2,1-3H3,(H,20,24). The number of benzene rings is 1. The van der Waals surface area contributed by atoms with Gasteiger partial charge in [-0.25, -0.2) is 0 Å². The van der Waals surface area contributed by atoms with Gasteiger partial charge in [0.2, 0.25) is 5.91 Å². The first-order valence-electron chi connectivity index (χ1n) is 8.16. The highest BCUT2D eigenvalue weighted by atomic mass is 35.5. The van der Waals surface area contributed by atoms with Crippen molar-refractivity contribution < 1.29 is 4.79 Å². The molecule has 0 aliphatic rings. The first-order valence-corrected chi connectivity index (χ1v) is 10.4. The lowest BCUT2D eigenvalue weighted by Crippen LogP contribution is -2.16. The van der Waals surface area contributed by atoms with Crippen LogP contribution >= 0.6 is 34.7 Å². The van der Waals surface area contributed by atoms with E-state index in [9.17, 15) is 4.79 Å². The molecule has 1 aromatic carbocycles. The Morgan fingerprint density at radius 3 is 2.81 bits per heavy atom. The molecule has 3 aromatic rings. The zero-order valence-corrected chi connectivity index (χ0v) is 17.1. The number of nitrogens with one attached hydrogen (secondary N) is 1. The molecular formula is C18H19ClN4OS2. The summed E-state index contributed by atoms with van der Waals surface area (Å²) < 4.78 is 2.02. The Morgan fingerprint density at radius 2 is 2.15 bits per heavy atom. The molecule has 5 nitrogen and oxygen atoms in total. The minimum absolute atomic E-state index is 0.118. The summed E-state index contributed by atoms with van der Waals surface area (Å²) in [6, 6.07) is 7.85. The van der Waals surface area contributed by atoms with Crippen LogP contribution in [0.15, 0.2) is 34.8 Å². The molecule has 0 saturated heterocycles. The zero-order chi connectivity index (χ0) is 18.7. The minimum Gasteiger partial charge on any atom is -0.324 e. The van der Waals surface area contributed by atoms with Crippen LogP contribution in [0.25, 0.3) is 10.7 Å². The topological polar surface area (TPSA) is 59.8 Å². The number of hydrogen-bond acceptors (Lipinski definition) is 5. The molecule has 2 heterocycles. The average molecular weight is 407 g/mol. The van der Waals surface area contributed by atoms with Crippen LogP contribution in [-0.4, -0.2) is 26.4 Å². The summed E-state index contributed by atoms with van der Waals surface area (Å²) in [5, 5.41) is 14.7. The summed E-state index contributed by atoms with van der Waals surface area (Å²) in [5.74, 6) is 0.960. The molecule has 3 rings (SSSR count). The molecule has 0 fully saturated rings. The zero-order valence-electron chi connectivity index (χ0n) is 14.7. The van der Waals surface area contributed by atoms with Crippen molar-refractivity contribution in [1.29, 1.82) is 0 Å². The number of aryl methyl sites for hydroxylation is 2. The third kappa shape index (κ3) is 4.11. The highest BCUT2D eigenvalue weighted by molar-refractivity contribution is 7.99. The molecule has 1 N–H and O–H groups in total. The first kappa shape index (κ1) is 18.9. The van der Waals surface area contributed by atoms with Gasteiger partial charge in [-0.2, -0.15) is 0 Å². The fourth-order valence-corrected chi connectivity index (χ4v) is 4.54. The number of carbonyl (C=O) groups is 1. The van der Waals surface area contributed by atoms with E-state index in [1.165, 1.54) is 11.8 Å². The van der Waals surface area contributed by atoms with Crippen molar-refractivity contribution in [1.82, 2.24) is 14.8 Å². The monoisotopic (exact) mass is 406 g/mol. The lowest BCUT2D eigenvalue weighted by atomic mass is 10.1. The van der Waals surface area contributed by atoms with E-state index >= 15 is 0 Å². The van der Waals surface area contributed by atoms with Gasteiger partial charge in [0.15, 0.2) is 11.0 Å². The number of carbonyl (C=O) groups excluding carboxylic acids is 1. The molecule has 0 saturated carbocycles. The average Bonchev–Trinajstić information content (AvgIpc) is 3.24. The third-order valence-corrected chi connectivity index (χ3v) is 5.93. The number of thioether (sulfide) groups is 1. The second-order valence-electron chi connectivity index (χ2n) is 5.80. The fraction of sp³-hybridized carbons (Fsp3) is 0.278. The van der Waals surface area contributed by atoms with Crippen molar-refractivity contribution >= 4 is 46.3 Å². The molecular weight excluding hydrogens is 388 g/mol. The molecule has 0 aliphatic carbocycles. The van der Waals surface area contributed by atoms with Crippen molar-refractivity contribution in [3.63, 3.8) is 0 Å². The maximum atomic E-state index is 12.4.